The highest BCUT2D eigenvalue weighted by Crippen LogP contribution is 2.28. The Morgan fingerprint density at radius 1 is 0.676 bits per heavy atom. The van der Waals surface area contributed by atoms with Crippen LogP contribution in [0.15, 0.2) is 95.8 Å². The third kappa shape index (κ3) is 4.11. The van der Waals surface area contributed by atoms with Gasteiger partial charge in [0.15, 0.2) is 0 Å². The zero-order valence-corrected chi connectivity index (χ0v) is 18.3. The van der Waals surface area contributed by atoms with Crippen molar-refractivity contribution in [3.63, 3.8) is 0 Å². The van der Waals surface area contributed by atoms with Gasteiger partial charge in [-0.25, -0.2) is 0 Å². The second kappa shape index (κ2) is 8.94. The van der Waals surface area contributed by atoms with Gasteiger partial charge < -0.3 is 9.88 Å². The molecule has 0 radical (unpaired) electrons. The molecule has 5 heteroatoms. The summed E-state index contributed by atoms with van der Waals surface area (Å²) >= 11 is 0. The van der Waals surface area contributed by atoms with Crippen molar-refractivity contribution in [1.82, 2.24) is 4.98 Å². The molecule has 4 aromatic carbocycles. The molecule has 0 unspecified atom stereocenters. The average molecular weight is 441 g/mol. The maximum absolute atomic E-state index is 12.5. The molecule has 0 saturated carbocycles. The topological polar surface area (TPSA) is 83.7 Å². The van der Waals surface area contributed by atoms with Gasteiger partial charge in [-0.2, -0.15) is 10.5 Å². The Bertz CT molecular complexity index is 1610. The molecule has 0 saturated heterocycles. The number of pyridine rings is 1. The lowest BCUT2D eigenvalue weighted by atomic mass is 10.0. The minimum atomic E-state index is -0.102. The number of rotatable bonds is 5. The van der Waals surface area contributed by atoms with E-state index in [1.54, 1.807) is 12.1 Å². The monoisotopic (exact) mass is 440 g/mol. The van der Waals surface area contributed by atoms with E-state index in [-0.39, 0.29) is 5.56 Å². The number of nitrogens with zero attached hydrogens (tertiary/aromatic N) is 3. The molecule has 162 valence electrons. The van der Waals surface area contributed by atoms with E-state index >= 15 is 0 Å². The molecule has 1 heterocycles. The van der Waals surface area contributed by atoms with Gasteiger partial charge in [-0.15, -0.1) is 0 Å². The molecule has 0 atom stereocenters. The highest BCUT2D eigenvalue weighted by molar-refractivity contribution is 6.06. The highest BCUT2D eigenvalue weighted by Gasteiger charge is 2.13. The third-order valence-corrected chi connectivity index (χ3v) is 5.94. The standard InChI is InChI=1S/C29H20N4O/c30-16-20-5-3-7-22(13-20)18-33(19-23-8-4-6-21(14-23)17-31)24-11-12-28-27(15-24)25-9-1-2-10-26(25)29(34)32-28/h1-15H,18-19H2,(H,32,34). The Morgan fingerprint density at radius 3 is 1.91 bits per heavy atom. The van der Waals surface area contributed by atoms with Crippen molar-refractivity contribution in [2.45, 2.75) is 13.1 Å². The number of hydrogen-bond donors (Lipinski definition) is 1. The Kier molecular flexibility index (Phi) is 5.52. The maximum Gasteiger partial charge on any atom is 0.256 e. The summed E-state index contributed by atoms with van der Waals surface area (Å²) in [6.07, 6.45) is 0. The smallest absolute Gasteiger partial charge is 0.256 e. The summed E-state index contributed by atoms with van der Waals surface area (Å²) in [7, 11) is 0. The SMILES string of the molecule is N#Cc1cccc(CN(Cc2cccc(C#N)c2)c2ccc3[nH]c(=O)c4ccccc4c3c2)c1. The van der Waals surface area contributed by atoms with Crippen LogP contribution >= 0.6 is 0 Å². The fraction of sp³-hybridized carbons (Fsp3) is 0.0690. The molecule has 5 aromatic rings. The van der Waals surface area contributed by atoms with Crippen LogP contribution in [0.5, 0.6) is 0 Å². The number of nitrogens with one attached hydrogen (secondary N) is 1. The minimum absolute atomic E-state index is 0.102. The van der Waals surface area contributed by atoms with Gasteiger partial charge in [0.25, 0.3) is 5.56 Å². The first kappa shape index (κ1) is 21.0. The molecule has 34 heavy (non-hydrogen) atoms. The number of H-pyrrole nitrogens is 1. The van der Waals surface area contributed by atoms with Crippen molar-refractivity contribution in [3.05, 3.63) is 124 Å². The molecule has 0 aliphatic rings. The van der Waals surface area contributed by atoms with Crippen LogP contribution in [0, 0.1) is 22.7 Å². The summed E-state index contributed by atoms with van der Waals surface area (Å²) in [4.78, 5) is 17.7. The first-order chi connectivity index (χ1) is 16.6. The van der Waals surface area contributed by atoms with E-state index in [1.807, 2.05) is 72.8 Å². The molecule has 0 bridgehead atoms. The minimum Gasteiger partial charge on any atom is -0.363 e. The normalized spacial score (nSPS) is 10.6. The lowest BCUT2D eigenvalue weighted by Crippen LogP contribution is -2.22. The lowest BCUT2D eigenvalue weighted by Gasteiger charge is -2.26. The maximum atomic E-state index is 12.5. The van der Waals surface area contributed by atoms with Crippen LogP contribution in [-0.2, 0) is 13.1 Å². The second-order valence-corrected chi connectivity index (χ2v) is 8.21. The van der Waals surface area contributed by atoms with Crippen LogP contribution in [0.1, 0.15) is 22.3 Å². The van der Waals surface area contributed by atoms with E-state index in [2.05, 4.69) is 28.1 Å². The van der Waals surface area contributed by atoms with E-state index in [0.717, 1.165) is 33.1 Å². The van der Waals surface area contributed by atoms with E-state index in [1.165, 1.54) is 0 Å². The van der Waals surface area contributed by atoms with Crippen molar-refractivity contribution in [1.29, 1.82) is 10.5 Å². The molecule has 1 N–H and O–H groups in total. The van der Waals surface area contributed by atoms with Crippen LogP contribution in [0.3, 0.4) is 0 Å². The predicted octanol–water partition coefficient (Wildman–Crippen LogP) is 5.63. The third-order valence-electron chi connectivity index (χ3n) is 5.94. The highest BCUT2D eigenvalue weighted by atomic mass is 16.1. The van der Waals surface area contributed by atoms with Crippen LogP contribution in [0.25, 0.3) is 21.7 Å². The van der Waals surface area contributed by atoms with Crippen LogP contribution in [-0.4, -0.2) is 4.98 Å². The van der Waals surface area contributed by atoms with Crippen molar-refractivity contribution in [2.24, 2.45) is 0 Å². The van der Waals surface area contributed by atoms with Gasteiger partial charge in [-0.1, -0.05) is 42.5 Å². The number of aromatic nitrogens is 1. The quantitative estimate of drug-likeness (QED) is 0.359. The first-order valence-corrected chi connectivity index (χ1v) is 10.9. The summed E-state index contributed by atoms with van der Waals surface area (Å²) in [6.45, 7) is 1.16. The van der Waals surface area contributed by atoms with Gasteiger partial charge in [-0.3, -0.25) is 4.79 Å². The molecule has 0 spiro atoms. The van der Waals surface area contributed by atoms with Crippen LogP contribution in [0.2, 0.25) is 0 Å². The molecular formula is C29H20N4O. The summed E-state index contributed by atoms with van der Waals surface area (Å²) in [5.41, 5.74) is 4.93. The van der Waals surface area contributed by atoms with Gasteiger partial charge in [0.05, 0.1) is 23.3 Å². The van der Waals surface area contributed by atoms with Gasteiger partial charge in [-0.05, 0) is 65.0 Å². The molecule has 0 aliphatic heterocycles. The van der Waals surface area contributed by atoms with Crippen molar-refractivity contribution in [2.75, 3.05) is 4.90 Å². The van der Waals surface area contributed by atoms with Crippen molar-refractivity contribution < 1.29 is 0 Å². The Morgan fingerprint density at radius 2 is 1.29 bits per heavy atom. The lowest BCUT2D eigenvalue weighted by molar-refractivity contribution is 0.800. The van der Waals surface area contributed by atoms with E-state index in [0.29, 0.717) is 29.6 Å². The number of fused-ring (bicyclic) bond motifs is 3. The zero-order valence-electron chi connectivity index (χ0n) is 18.3. The number of benzene rings is 4. The van der Waals surface area contributed by atoms with E-state index in [4.69, 9.17) is 0 Å². The molecular weight excluding hydrogens is 420 g/mol. The summed E-state index contributed by atoms with van der Waals surface area (Å²) in [6, 6.07) is 33.2. The fourth-order valence-corrected chi connectivity index (χ4v) is 4.32. The zero-order chi connectivity index (χ0) is 23.5. The van der Waals surface area contributed by atoms with Gasteiger partial charge in [0, 0.05) is 35.1 Å². The fourth-order valence-electron chi connectivity index (χ4n) is 4.32. The Balaban J connectivity index is 1.63. The van der Waals surface area contributed by atoms with E-state index < -0.39 is 0 Å². The number of aromatic amines is 1. The number of anilines is 1. The molecule has 0 aliphatic carbocycles. The predicted molar refractivity (Wildman–Crippen MR) is 134 cm³/mol. The largest absolute Gasteiger partial charge is 0.363 e. The second-order valence-electron chi connectivity index (χ2n) is 8.21. The van der Waals surface area contributed by atoms with Gasteiger partial charge in [0.1, 0.15) is 0 Å². The van der Waals surface area contributed by atoms with Gasteiger partial charge >= 0.3 is 0 Å². The molecule has 5 rings (SSSR count). The summed E-state index contributed by atoms with van der Waals surface area (Å²) in [5, 5.41) is 21.2. The number of hydrogen-bond acceptors (Lipinski definition) is 4. The summed E-state index contributed by atoms with van der Waals surface area (Å²) < 4.78 is 0. The van der Waals surface area contributed by atoms with E-state index in [9.17, 15) is 15.3 Å². The number of nitriles is 2. The molecule has 5 nitrogen and oxygen atoms in total. The first-order valence-electron chi connectivity index (χ1n) is 10.9. The summed E-state index contributed by atoms with van der Waals surface area (Å²) in [5.74, 6) is 0. The molecule has 0 fully saturated rings. The Hall–Kier alpha value is -4.87. The Labute approximate surface area is 196 Å². The van der Waals surface area contributed by atoms with Crippen LogP contribution in [0.4, 0.5) is 5.69 Å². The van der Waals surface area contributed by atoms with Crippen LogP contribution < -0.4 is 10.5 Å². The van der Waals surface area contributed by atoms with Crippen molar-refractivity contribution >= 4 is 27.4 Å². The molecule has 1 aromatic heterocycles. The van der Waals surface area contributed by atoms with Crippen molar-refractivity contribution in [3.8, 4) is 12.1 Å². The average Bonchev–Trinajstić information content (AvgIpc) is 2.88. The molecule has 0 amide bonds. The van der Waals surface area contributed by atoms with Gasteiger partial charge in [0.2, 0.25) is 0 Å².